The predicted molar refractivity (Wildman–Crippen MR) is 67.7 cm³/mol. The molecule has 9 heteroatoms. The molecule has 20 heavy (non-hydrogen) atoms. The van der Waals surface area contributed by atoms with Gasteiger partial charge in [-0.2, -0.15) is 0 Å². The summed E-state index contributed by atoms with van der Waals surface area (Å²) in [4.78, 5) is 40.7. The zero-order valence-electron chi connectivity index (χ0n) is 10.8. The number of nitrogens with one attached hydrogen (secondary N) is 3. The van der Waals surface area contributed by atoms with Crippen LogP contribution in [0.15, 0.2) is 12.4 Å². The quantitative estimate of drug-likeness (QED) is 0.517. The van der Waals surface area contributed by atoms with Crippen LogP contribution in [0.3, 0.4) is 0 Å². The minimum absolute atomic E-state index is 0.176. The van der Waals surface area contributed by atoms with Gasteiger partial charge in [-0.25, -0.2) is 4.79 Å². The van der Waals surface area contributed by atoms with Crippen LogP contribution in [0.5, 0.6) is 0 Å². The molecule has 108 valence electrons. The number of hydrogen-bond acceptors (Lipinski definition) is 5. The Hall–Kier alpha value is -2.71. The second kappa shape index (κ2) is 7.67. The molecule has 1 aromatic heterocycles. The summed E-state index contributed by atoms with van der Waals surface area (Å²) < 4.78 is 0. The summed E-state index contributed by atoms with van der Waals surface area (Å²) in [5.41, 5.74) is 1.36. The minimum Gasteiger partial charge on any atom is -0.480 e. The van der Waals surface area contributed by atoms with Gasteiger partial charge in [-0.15, -0.1) is 0 Å². The maximum atomic E-state index is 11.4. The molecule has 0 aliphatic rings. The Labute approximate surface area is 114 Å². The van der Waals surface area contributed by atoms with Crippen molar-refractivity contribution in [3.8, 4) is 0 Å². The van der Waals surface area contributed by atoms with Gasteiger partial charge in [0, 0.05) is 6.20 Å². The second-order valence-electron chi connectivity index (χ2n) is 3.86. The maximum absolute atomic E-state index is 11.4. The van der Waals surface area contributed by atoms with E-state index in [1.165, 1.54) is 6.20 Å². The van der Waals surface area contributed by atoms with Crippen molar-refractivity contribution >= 4 is 17.9 Å². The first-order valence-electron chi connectivity index (χ1n) is 5.75. The van der Waals surface area contributed by atoms with E-state index in [9.17, 15) is 14.4 Å². The van der Waals surface area contributed by atoms with Crippen LogP contribution in [-0.4, -0.2) is 46.1 Å². The molecule has 1 heterocycles. The molecule has 0 unspecified atom stereocenters. The molecule has 0 aliphatic carbocycles. The number of aliphatic carboxylic acids is 1. The number of nitrogens with zero attached hydrogens (tertiary/aromatic N) is 2. The van der Waals surface area contributed by atoms with Crippen LogP contribution in [0, 0.1) is 6.92 Å². The molecule has 0 radical (unpaired) electrons. The smallest absolute Gasteiger partial charge is 0.322 e. The van der Waals surface area contributed by atoms with Gasteiger partial charge in [0.25, 0.3) is 0 Å². The van der Waals surface area contributed by atoms with Gasteiger partial charge < -0.3 is 21.1 Å². The van der Waals surface area contributed by atoms with E-state index in [0.717, 1.165) is 5.69 Å². The molecule has 0 aliphatic heterocycles. The lowest BCUT2D eigenvalue weighted by Crippen LogP contribution is -2.42. The van der Waals surface area contributed by atoms with Crippen LogP contribution < -0.4 is 16.0 Å². The topological polar surface area (TPSA) is 133 Å². The normalized spacial score (nSPS) is 9.65. The highest BCUT2D eigenvalue weighted by atomic mass is 16.4. The lowest BCUT2D eigenvalue weighted by atomic mass is 10.4. The fraction of sp³-hybridized carbons (Fsp3) is 0.364. The van der Waals surface area contributed by atoms with E-state index >= 15 is 0 Å². The highest BCUT2D eigenvalue weighted by Gasteiger charge is 2.06. The molecule has 9 nitrogen and oxygen atoms in total. The molecule has 1 rings (SSSR count). The number of amides is 3. The van der Waals surface area contributed by atoms with Crippen LogP contribution >= 0.6 is 0 Å². The van der Waals surface area contributed by atoms with Crippen LogP contribution in [-0.2, 0) is 16.1 Å². The Morgan fingerprint density at radius 2 is 1.85 bits per heavy atom. The second-order valence-corrected chi connectivity index (χ2v) is 3.86. The fourth-order valence-corrected chi connectivity index (χ4v) is 1.14. The Kier molecular flexibility index (Phi) is 5.88. The zero-order chi connectivity index (χ0) is 15.0. The molecular weight excluding hydrogens is 266 g/mol. The molecule has 0 bridgehead atoms. The van der Waals surface area contributed by atoms with E-state index in [1.807, 2.05) is 0 Å². The average molecular weight is 281 g/mol. The SMILES string of the molecule is Cc1cnc(CNC(=O)NCC(=O)NCC(=O)O)cn1. The number of rotatable bonds is 6. The molecule has 0 fully saturated rings. The molecule has 4 N–H and O–H groups in total. The van der Waals surface area contributed by atoms with E-state index in [1.54, 1.807) is 13.1 Å². The molecule has 3 amide bonds. The number of carboxylic acids is 1. The standard InChI is InChI=1S/C11H15N5O4/c1-7-2-13-8(3-12-7)4-15-11(20)16-5-9(17)14-6-10(18)19/h2-3H,4-6H2,1H3,(H,14,17)(H,18,19)(H2,15,16,20). The van der Waals surface area contributed by atoms with Crippen LogP contribution in [0.25, 0.3) is 0 Å². The number of carbonyl (C=O) groups is 3. The van der Waals surface area contributed by atoms with E-state index in [2.05, 4.69) is 25.9 Å². The highest BCUT2D eigenvalue weighted by Crippen LogP contribution is 1.92. The van der Waals surface area contributed by atoms with Gasteiger partial charge in [0.15, 0.2) is 0 Å². The number of aromatic nitrogens is 2. The summed E-state index contributed by atoms with van der Waals surface area (Å²) in [7, 11) is 0. The summed E-state index contributed by atoms with van der Waals surface area (Å²) in [5.74, 6) is -1.74. The lowest BCUT2D eigenvalue weighted by molar-refractivity contribution is -0.137. The van der Waals surface area contributed by atoms with Crippen molar-refractivity contribution in [1.29, 1.82) is 0 Å². The highest BCUT2D eigenvalue weighted by molar-refractivity contribution is 5.86. The van der Waals surface area contributed by atoms with Crippen molar-refractivity contribution in [1.82, 2.24) is 25.9 Å². The molecule has 0 aromatic carbocycles. The summed E-state index contributed by atoms with van der Waals surface area (Å²) in [6.45, 7) is 1.18. The number of hydrogen-bond donors (Lipinski definition) is 4. The van der Waals surface area contributed by atoms with Crippen molar-refractivity contribution in [3.05, 3.63) is 23.8 Å². The molecule has 0 atom stereocenters. The maximum Gasteiger partial charge on any atom is 0.322 e. The number of aryl methyl sites for hydroxylation is 1. The minimum atomic E-state index is -1.15. The van der Waals surface area contributed by atoms with Gasteiger partial charge in [-0.3, -0.25) is 19.6 Å². The summed E-state index contributed by atoms with van der Waals surface area (Å²) in [5, 5.41) is 15.2. The molecule has 1 aromatic rings. The Balaban J connectivity index is 2.21. The molecule has 0 spiro atoms. The van der Waals surface area contributed by atoms with E-state index in [0.29, 0.717) is 5.69 Å². The average Bonchev–Trinajstić information content (AvgIpc) is 2.42. The fourth-order valence-electron chi connectivity index (χ4n) is 1.14. The van der Waals surface area contributed by atoms with Crippen molar-refractivity contribution in [2.45, 2.75) is 13.5 Å². The third kappa shape index (κ3) is 6.28. The van der Waals surface area contributed by atoms with Crippen LogP contribution in [0.2, 0.25) is 0 Å². The Morgan fingerprint density at radius 3 is 2.45 bits per heavy atom. The van der Waals surface area contributed by atoms with Gasteiger partial charge in [0.05, 0.1) is 30.7 Å². The Bertz CT molecular complexity index is 488. The number of carbonyl (C=O) groups excluding carboxylic acids is 2. The molecular formula is C11H15N5O4. The van der Waals surface area contributed by atoms with Gasteiger partial charge in [0.2, 0.25) is 5.91 Å². The van der Waals surface area contributed by atoms with Gasteiger partial charge >= 0.3 is 12.0 Å². The zero-order valence-corrected chi connectivity index (χ0v) is 10.8. The summed E-state index contributed by atoms with van der Waals surface area (Å²) in [6.07, 6.45) is 3.11. The van der Waals surface area contributed by atoms with E-state index in [-0.39, 0.29) is 13.1 Å². The molecule has 0 saturated heterocycles. The van der Waals surface area contributed by atoms with Crippen molar-refractivity contribution in [2.24, 2.45) is 0 Å². The van der Waals surface area contributed by atoms with Crippen molar-refractivity contribution in [3.63, 3.8) is 0 Å². The monoisotopic (exact) mass is 281 g/mol. The van der Waals surface area contributed by atoms with Crippen molar-refractivity contribution in [2.75, 3.05) is 13.1 Å². The predicted octanol–water partition coefficient (Wildman–Crippen LogP) is -1.21. The van der Waals surface area contributed by atoms with Gasteiger partial charge in [0.1, 0.15) is 6.54 Å². The third-order valence-corrected chi connectivity index (χ3v) is 2.11. The van der Waals surface area contributed by atoms with Crippen LogP contribution in [0.1, 0.15) is 11.4 Å². The van der Waals surface area contributed by atoms with E-state index in [4.69, 9.17) is 5.11 Å². The summed E-state index contributed by atoms with van der Waals surface area (Å²) in [6, 6.07) is -0.558. The van der Waals surface area contributed by atoms with Gasteiger partial charge in [-0.05, 0) is 6.92 Å². The van der Waals surface area contributed by atoms with E-state index < -0.39 is 24.5 Å². The Morgan fingerprint density at radius 1 is 1.10 bits per heavy atom. The summed E-state index contributed by atoms with van der Waals surface area (Å²) >= 11 is 0. The van der Waals surface area contributed by atoms with Gasteiger partial charge in [-0.1, -0.05) is 0 Å². The third-order valence-electron chi connectivity index (χ3n) is 2.11. The largest absolute Gasteiger partial charge is 0.480 e. The first-order chi connectivity index (χ1) is 9.47. The van der Waals surface area contributed by atoms with Crippen LogP contribution in [0.4, 0.5) is 4.79 Å². The number of carboxylic acid groups (broad SMARTS) is 1. The molecule has 0 saturated carbocycles. The van der Waals surface area contributed by atoms with Crippen molar-refractivity contribution < 1.29 is 19.5 Å². The first-order valence-corrected chi connectivity index (χ1v) is 5.75. The first kappa shape index (κ1) is 15.3. The lowest BCUT2D eigenvalue weighted by Gasteiger charge is -2.07. The number of urea groups is 1.